The quantitative estimate of drug-likeness (QED) is 0.746. The first-order valence-electron chi connectivity index (χ1n) is 6.12. The second-order valence-electron chi connectivity index (χ2n) is 4.71. The van der Waals surface area contributed by atoms with Gasteiger partial charge in [0.05, 0.1) is 6.61 Å². The van der Waals surface area contributed by atoms with E-state index in [0.29, 0.717) is 0 Å². The van der Waals surface area contributed by atoms with Crippen LogP contribution in [-0.4, -0.2) is 5.11 Å². The molecule has 1 heteroatoms. The molecule has 1 N–H and O–H groups in total. The maximum atomic E-state index is 8.96. The molecule has 0 radical (unpaired) electrons. The van der Waals surface area contributed by atoms with Crippen molar-refractivity contribution in [3.8, 4) is 0 Å². The van der Waals surface area contributed by atoms with Gasteiger partial charge in [-0.05, 0) is 44.7 Å². The lowest BCUT2D eigenvalue weighted by atomic mass is 10.1. The number of aliphatic hydroxyl groups excluding tert-OH is 1. The summed E-state index contributed by atoms with van der Waals surface area (Å²) in [6.45, 7) is 6.54. The van der Waals surface area contributed by atoms with E-state index >= 15 is 0 Å². The summed E-state index contributed by atoms with van der Waals surface area (Å²) < 4.78 is 0. The van der Waals surface area contributed by atoms with Gasteiger partial charge in [0.15, 0.2) is 0 Å². The highest BCUT2D eigenvalue weighted by atomic mass is 16.3. The molecule has 0 aromatic heterocycles. The zero-order valence-corrected chi connectivity index (χ0v) is 11.0. The van der Waals surface area contributed by atoms with Gasteiger partial charge in [-0.25, -0.2) is 0 Å². The number of allylic oxidation sites excluding steroid dienone is 3. The summed E-state index contributed by atoms with van der Waals surface area (Å²) in [4.78, 5) is 0. The van der Waals surface area contributed by atoms with Crippen molar-refractivity contribution in [1.82, 2.24) is 0 Å². The van der Waals surface area contributed by atoms with Gasteiger partial charge in [0.2, 0.25) is 0 Å². The van der Waals surface area contributed by atoms with Crippen LogP contribution in [0.5, 0.6) is 0 Å². The molecule has 92 valence electrons. The fraction of sp³-hybridized carbons (Fsp3) is 0.375. The third-order valence-electron chi connectivity index (χ3n) is 2.67. The summed E-state index contributed by atoms with van der Waals surface area (Å²) in [6, 6.07) is 8.04. The lowest BCUT2D eigenvalue weighted by Gasteiger charge is -2.01. The normalized spacial score (nSPS) is 11.4. The topological polar surface area (TPSA) is 20.2 Å². The van der Waals surface area contributed by atoms with E-state index in [0.717, 1.165) is 18.4 Å². The van der Waals surface area contributed by atoms with Crippen LogP contribution in [0.25, 0.3) is 6.08 Å². The van der Waals surface area contributed by atoms with Crippen molar-refractivity contribution in [3.63, 3.8) is 0 Å². The van der Waals surface area contributed by atoms with Crippen LogP contribution >= 0.6 is 0 Å². The van der Waals surface area contributed by atoms with Gasteiger partial charge in [0.25, 0.3) is 0 Å². The predicted octanol–water partition coefficient (Wildman–Crippen LogP) is 4.33. The summed E-state index contributed by atoms with van der Waals surface area (Å²) in [7, 11) is 0. The van der Waals surface area contributed by atoms with Crippen LogP contribution in [0.15, 0.2) is 41.5 Å². The summed E-state index contributed by atoms with van der Waals surface area (Å²) >= 11 is 0. The largest absolute Gasteiger partial charge is 0.392 e. The van der Waals surface area contributed by atoms with Gasteiger partial charge in [-0.3, -0.25) is 0 Å². The van der Waals surface area contributed by atoms with Gasteiger partial charge in [0, 0.05) is 0 Å². The molecule has 0 unspecified atom stereocenters. The third-order valence-corrected chi connectivity index (χ3v) is 2.67. The van der Waals surface area contributed by atoms with Crippen LogP contribution in [0.4, 0.5) is 0 Å². The van der Waals surface area contributed by atoms with Crippen molar-refractivity contribution in [1.29, 1.82) is 0 Å². The molecule has 0 aliphatic carbocycles. The van der Waals surface area contributed by atoms with E-state index in [9.17, 15) is 0 Å². The van der Waals surface area contributed by atoms with Gasteiger partial charge in [-0.1, -0.05) is 47.6 Å². The second-order valence-corrected chi connectivity index (χ2v) is 4.71. The van der Waals surface area contributed by atoms with E-state index in [2.05, 4.69) is 45.1 Å². The Morgan fingerprint density at radius 1 is 1.12 bits per heavy atom. The van der Waals surface area contributed by atoms with Crippen molar-refractivity contribution in [2.24, 2.45) is 0 Å². The van der Waals surface area contributed by atoms with Crippen LogP contribution < -0.4 is 0 Å². The lowest BCUT2D eigenvalue weighted by Crippen LogP contribution is -1.83. The standard InChI is InChI=1S/C16H22O/c1-13(2)5-4-6-14(3)11-15-7-9-16(12-17)10-8-15/h5,7-11,17H,4,6,12H2,1-3H3/b14-11+. The molecule has 0 atom stereocenters. The SMILES string of the molecule is CC(C)=CCC/C(C)=C/c1ccc(CO)cc1. The molecule has 0 aliphatic rings. The average molecular weight is 230 g/mol. The third kappa shape index (κ3) is 5.50. The van der Waals surface area contributed by atoms with Crippen LogP contribution in [0.1, 0.15) is 44.7 Å². The summed E-state index contributed by atoms with van der Waals surface area (Å²) in [6.07, 6.45) is 6.69. The highest BCUT2D eigenvalue weighted by molar-refractivity contribution is 5.52. The van der Waals surface area contributed by atoms with Crippen LogP contribution in [0, 0.1) is 0 Å². The monoisotopic (exact) mass is 230 g/mol. The van der Waals surface area contributed by atoms with Crippen LogP contribution in [-0.2, 0) is 6.61 Å². The van der Waals surface area contributed by atoms with Gasteiger partial charge in [-0.15, -0.1) is 0 Å². The summed E-state index contributed by atoms with van der Waals surface area (Å²) in [5.74, 6) is 0. The average Bonchev–Trinajstić information content (AvgIpc) is 2.29. The molecule has 0 aliphatic heterocycles. The molecule has 1 rings (SSSR count). The zero-order chi connectivity index (χ0) is 12.7. The Balaban J connectivity index is 2.57. The highest BCUT2D eigenvalue weighted by Gasteiger charge is 1.93. The Morgan fingerprint density at radius 3 is 2.29 bits per heavy atom. The fourth-order valence-corrected chi connectivity index (χ4v) is 1.66. The van der Waals surface area contributed by atoms with Crippen molar-refractivity contribution >= 4 is 6.08 Å². The fourth-order valence-electron chi connectivity index (χ4n) is 1.66. The molecule has 0 heterocycles. The molecule has 0 bridgehead atoms. The molecule has 0 amide bonds. The molecule has 1 aromatic rings. The Morgan fingerprint density at radius 2 is 1.76 bits per heavy atom. The van der Waals surface area contributed by atoms with Crippen LogP contribution in [0.2, 0.25) is 0 Å². The molecule has 0 fully saturated rings. The van der Waals surface area contributed by atoms with Gasteiger partial charge in [0.1, 0.15) is 0 Å². The first-order valence-corrected chi connectivity index (χ1v) is 6.12. The van der Waals surface area contributed by atoms with E-state index in [-0.39, 0.29) is 6.61 Å². The summed E-state index contributed by atoms with van der Waals surface area (Å²) in [5, 5.41) is 8.96. The lowest BCUT2D eigenvalue weighted by molar-refractivity contribution is 0.282. The Labute approximate surface area is 104 Å². The Hall–Kier alpha value is -1.34. The smallest absolute Gasteiger partial charge is 0.0681 e. The van der Waals surface area contributed by atoms with E-state index in [4.69, 9.17) is 5.11 Å². The molecular weight excluding hydrogens is 208 g/mol. The second kappa shape index (κ2) is 7.08. The van der Waals surface area contributed by atoms with E-state index in [1.807, 2.05) is 12.1 Å². The number of hydrogen-bond donors (Lipinski definition) is 1. The maximum Gasteiger partial charge on any atom is 0.0681 e. The number of hydrogen-bond acceptors (Lipinski definition) is 1. The first-order chi connectivity index (χ1) is 8.11. The van der Waals surface area contributed by atoms with Crippen molar-refractivity contribution in [3.05, 3.63) is 52.6 Å². The molecule has 0 saturated carbocycles. The zero-order valence-electron chi connectivity index (χ0n) is 11.0. The maximum absolute atomic E-state index is 8.96. The number of rotatable bonds is 5. The van der Waals surface area contributed by atoms with Crippen molar-refractivity contribution in [2.45, 2.75) is 40.2 Å². The van der Waals surface area contributed by atoms with E-state index in [1.54, 1.807) is 0 Å². The van der Waals surface area contributed by atoms with Crippen molar-refractivity contribution < 1.29 is 5.11 Å². The minimum Gasteiger partial charge on any atom is -0.392 e. The number of benzene rings is 1. The molecule has 17 heavy (non-hydrogen) atoms. The van der Waals surface area contributed by atoms with Gasteiger partial charge < -0.3 is 5.11 Å². The minimum atomic E-state index is 0.115. The molecular formula is C16H22O. The summed E-state index contributed by atoms with van der Waals surface area (Å²) in [5.41, 5.74) is 4.94. The Kier molecular flexibility index (Phi) is 5.71. The van der Waals surface area contributed by atoms with Gasteiger partial charge in [-0.2, -0.15) is 0 Å². The van der Waals surface area contributed by atoms with E-state index < -0.39 is 0 Å². The molecule has 1 aromatic carbocycles. The Bertz CT molecular complexity index is 392. The molecule has 0 saturated heterocycles. The van der Waals surface area contributed by atoms with Crippen LogP contribution in [0.3, 0.4) is 0 Å². The predicted molar refractivity (Wildman–Crippen MR) is 74.7 cm³/mol. The number of aliphatic hydroxyl groups is 1. The van der Waals surface area contributed by atoms with Crippen molar-refractivity contribution in [2.75, 3.05) is 0 Å². The molecule has 1 nitrogen and oxygen atoms in total. The highest BCUT2D eigenvalue weighted by Crippen LogP contribution is 2.13. The minimum absolute atomic E-state index is 0.115. The first kappa shape index (κ1) is 13.7. The molecule has 0 spiro atoms. The van der Waals surface area contributed by atoms with E-state index in [1.165, 1.54) is 16.7 Å². The van der Waals surface area contributed by atoms with Gasteiger partial charge >= 0.3 is 0 Å².